The molecule has 3 aromatic rings. The number of aromatic hydroxyl groups is 1. The fourth-order valence-electron chi connectivity index (χ4n) is 5.40. The summed E-state index contributed by atoms with van der Waals surface area (Å²) in [4.78, 5) is 6.96. The molecular formula is C25H26FN5O. The summed E-state index contributed by atoms with van der Waals surface area (Å²) >= 11 is 0. The van der Waals surface area contributed by atoms with Crippen molar-refractivity contribution in [2.75, 3.05) is 20.1 Å². The van der Waals surface area contributed by atoms with E-state index in [4.69, 9.17) is 0 Å². The van der Waals surface area contributed by atoms with Crippen molar-refractivity contribution in [3.8, 4) is 17.0 Å². The van der Waals surface area contributed by atoms with Crippen molar-refractivity contribution in [1.29, 1.82) is 0 Å². The van der Waals surface area contributed by atoms with Gasteiger partial charge in [0.2, 0.25) is 0 Å². The first-order chi connectivity index (χ1) is 15.6. The molecule has 3 aliphatic rings. The molecule has 0 aliphatic carbocycles. The number of aromatic nitrogens is 1. The van der Waals surface area contributed by atoms with Gasteiger partial charge in [0.05, 0.1) is 12.2 Å². The molecule has 0 saturated carbocycles. The van der Waals surface area contributed by atoms with Crippen LogP contribution < -0.4 is 10.7 Å². The number of benzene rings is 2. The molecule has 2 saturated heterocycles. The summed E-state index contributed by atoms with van der Waals surface area (Å²) in [6, 6.07) is 11.9. The second-order valence-electron chi connectivity index (χ2n) is 8.94. The Morgan fingerprint density at radius 1 is 1.12 bits per heavy atom. The zero-order chi connectivity index (χ0) is 21.8. The number of pyridine rings is 1. The average molecular weight is 432 g/mol. The van der Waals surface area contributed by atoms with Crippen LogP contribution in [0.15, 0.2) is 48.8 Å². The first kappa shape index (κ1) is 19.5. The number of phenols is 1. The van der Waals surface area contributed by atoms with E-state index in [1.54, 1.807) is 18.3 Å². The minimum Gasteiger partial charge on any atom is -0.508 e. The molecule has 2 unspecified atom stereocenters. The second-order valence-corrected chi connectivity index (χ2v) is 8.94. The van der Waals surface area contributed by atoms with Crippen LogP contribution in [-0.4, -0.2) is 52.2 Å². The van der Waals surface area contributed by atoms with Crippen molar-refractivity contribution in [3.63, 3.8) is 0 Å². The predicted octanol–water partition coefficient (Wildman–Crippen LogP) is 3.43. The molecule has 0 radical (unpaired) electrons. The lowest BCUT2D eigenvalue weighted by Gasteiger charge is -2.39. The summed E-state index contributed by atoms with van der Waals surface area (Å²) in [5, 5.41) is 17.6. The maximum Gasteiger partial charge on any atom is 0.155 e. The van der Waals surface area contributed by atoms with E-state index in [1.165, 1.54) is 12.8 Å². The van der Waals surface area contributed by atoms with Gasteiger partial charge in [0, 0.05) is 61.3 Å². The third kappa shape index (κ3) is 3.12. The molecule has 2 fully saturated rings. The number of hydrogen-bond donors (Lipinski definition) is 3. The number of piperazine rings is 1. The normalized spacial score (nSPS) is 22.2. The van der Waals surface area contributed by atoms with Crippen LogP contribution in [0, 0.1) is 5.82 Å². The number of fused-ring (bicyclic) bond motifs is 4. The molecule has 3 aliphatic heterocycles. The van der Waals surface area contributed by atoms with Crippen molar-refractivity contribution in [2.45, 2.75) is 31.5 Å². The molecule has 32 heavy (non-hydrogen) atoms. The summed E-state index contributed by atoms with van der Waals surface area (Å²) in [6.45, 7) is 2.24. The van der Waals surface area contributed by atoms with Crippen LogP contribution in [0.5, 0.6) is 5.75 Å². The molecule has 6 nitrogen and oxygen atoms in total. The van der Waals surface area contributed by atoms with Crippen molar-refractivity contribution in [3.05, 3.63) is 65.7 Å². The lowest BCUT2D eigenvalue weighted by molar-refractivity contribution is 0.248. The van der Waals surface area contributed by atoms with Gasteiger partial charge in [-0.15, -0.1) is 0 Å². The molecule has 1 aromatic heterocycles. The lowest BCUT2D eigenvalue weighted by atomic mass is 9.96. The van der Waals surface area contributed by atoms with Gasteiger partial charge in [0.15, 0.2) is 5.82 Å². The Balaban J connectivity index is 1.48. The Hall–Kier alpha value is -3.16. The van der Waals surface area contributed by atoms with Gasteiger partial charge in [0.25, 0.3) is 0 Å². The summed E-state index contributed by atoms with van der Waals surface area (Å²) in [5.41, 5.74) is 6.53. The number of phenolic OH excluding ortho intramolecular Hbond substituents is 1. The third-order valence-corrected chi connectivity index (χ3v) is 6.95. The number of halogens is 1. The van der Waals surface area contributed by atoms with Gasteiger partial charge >= 0.3 is 0 Å². The molecule has 7 heteroatoms. The fourth-order valence-corrected chi connectivity index (χ4v) is 5.40. The molecule has 4 heterocycles. The highest BCUT2D eigenvalue weighted by Gasteiger charge is 2.35. The monoisotopic (exact) mass is 431 g/mol. The van der Waals surface area contributed by atoms with Gasteiger partial charge in [-0.05, 0) is 35.7 Å². The quantitative estimate of drug-likeness (QED) is 0.591. The predicted molar refractivity (Wildman–Crippen MR) is 123 cm³/mol. The van der Waals surface area contributed by atoms with Gasteiger partial charge in [0.1, 0.15) is 11.4 Å². The van der Waals surface area contributed by atoms with Crippen molar-refractivity contribution >= 4 is 16.5 Å². The van der Waals surface area contributed by atoms with E-state index in [2.05, 4.69) is 26.8 Å². The molecule has 6 rings (SSSR count). The van der Waals surface area contributed by atoms with Gasteiger partial charge in [-0.3, -0.25) is 4.98 Å². The number of hydrogen-bond acceptors (Lipinski definition) is 6. The van der Waals surface area contributed by atoms with E-state index < -0.39 is 0 Å². The summed E-state index contributed by atoms with van der Waals surface area (Å²) in [5.74, 6) is -0.228. The third-order valence-electron chi connectivity index (χ3n) is 6.95. The molecule has 0 amide bonds. The SMILES string of the molecule is CNN1C=C(N2CC3CCC(C2)N3)c2cnc(-c3cc(O)cc4ccccc34)c(F)c2C1. The minimum absolute atomic E-state index is 0.103. The summed E-state index contributed by atoms with van der Waals surface area (Å²) in [6.07, 6.45) is 6.24. The lowest BCUT2D eigenvalue weighted by Crippen LogP contribution is -2.51. The number of nitrogens with zero attached hydrogens (tertiary/aromatic N) is 3. The molecule has 164 valence electrons. The number of likely N-dealkylation sites (tertiary alicyclic amines) is 1. The van der Waals surface area contributed by atoms with Crippen LogP contribution >= 0.6 is 0 Å². The Kier molecular flexibility index (Phi) is 4.55. The van der Waals surface area contributed by atoms with Crippen LogP contribution in [-0.2, 0) is 6.54 Å². The van der Waals surface area contributed by atoms with Crippen molar-refractivity contribution in [2.24, 2.45) is 0 Å². The number of nitrogens with one attached hydrogen (secondary N) is 2. The Labute approximate surface area is 186 Å². The molecule has 0 spiro atoms. The largest absolute Gasteiger partial charge is 0.508 e. The van der Waals surface area contributed by atoms with E-state index in [9.17, 15) is 5.11 Å². The first-order valence-corrected chi connectivity index (χ1v) is 11.2. The topological polar surface area (TPSA) is 63.7 Å². The van der Waals surface area contributed by atoms with Gasteiger partial charge in [-0.1, -0.05) is 24.3 Å². The Morgan fingerprint density at radius 3 is 2.69 bits per heavy atom. The van der Waals surface area contributed by atoms with E-state index in [1.807, 2.05) is 36.3 Å². The molecule has 2 aromatic carbocycles. The molecule has 2 atom stereocenters. The summed E-state index contributed by atoms with van der Waals surface area (Å²) < 4.78 is 16.1. The molecule has 2 bridgehead atoms. The minimum atomic E-state index is -0.331. The Bertz CT molecular complexity index is 1230. The van der Waals surface area contributed by atoms with Crippen LogP contribution in [0.2, 0.25) is 0 Å². The summed E-state index contributed by atoms with van der Waals surface area (Å²) in [7, 11) is 1.85. The highest BCUT2D eigenvalue weighted by molar-refractivity contribution is 5.97. The van der Waals surface area contributed by atoms with E-state index in [-0.39, 0.29) is 17.3 Å². The average Bonchev–Trinajstić information content (AvgIpc) is 3.15. The standard InChI is InChI=1S/C25H26FN5O/c1-27-31-13-22-21(23(14-31)30-11-16-6-7-17(12-30)29-16)10-28-25(24(22)26)20-9-18(32)8-15-4-2-3-5-19(15)20/h2-5,8-10,14,16-17,27,29,32H,6-7,11-13H2,1H3. The number of rotatable bonds is 3. The Morgan fingerprint density at radius 2 is 1.91 bits per heavy atom. The van der Waals surface area contributed by atoms with Gasteiger partial charge < -0.3 is 20.3 Å². The first-order valence-electron chi connectivity index (χ1n) is 11.2. The smallest absolute Gasteiger partial charge is 0.155 e. The highest BCUT2D eigenvalue weighted by Crippen LogP contribution is 2.38. The second kappa shape index (κ2) is 7.46. The van der Waals surface area contributed by atoms with Gasteiger partial charge in [-0.2, -0.15) is 0 Å². The van der Waals surface area contributed by atoms with Crippen LogP contribution in [0.4, 0.5) is 4.39 Å². The van der Waals surface area contributed by atoms with Crippen LogP contribution in [0.25, 0.3) is 27.7 Å². The van der Waals surface area contributed by atoms with Crippen molar-refractivity contribution in [1.82, 2.24) is 25.6 Å². The zero-order valence-corrected chi connectivity index (χ0v) is 18.0. The number of hydrazine groups is 1. The maximum absolute atomic E-state index is 16.1. The van der Waals surface area contributed by atoms with E-state index in [0.717, 1.165) is 35.1 Å². The van der Waals surface area contributed by atoms with Crippen LogP contribution in [0.3, 0.4) is 0 Å². The zero-order valence-electron chi connectivity index (χ0n) is 18.0. The van der Waals surface area contributed by atoms with Crippen molar-refractivity contribution < 1.29 is 9.50 Å². The highest BCUT2D eigenvalue weighted by atomic mass is 19.1. The van der Waals surface area contributed by atoms with E-state index in [0.29, 0.717) is 29.8 Å². The molecular weight excluding hydrogens is 405 g/mol. The van der Waals surface area contributed by atoms with Crippen LogP contribution in [0.1, 0.15) is 24.0 Å². The molecule has 3 N–H and O–H groups in total. The van der Waals surface area contributed by atoms with E-state index >= 15 is 4.39 Å². The maximum atomic E-state index is 16.1. The fraction of sp³-hybridized carbons (Fsp3) is 0.320. The van der Waals surface area contributed by atoms with Gasteiger partial charge in [-0.25, -0.2) is 9.82 Å².